The van der Waals surface area contributed by atoms with E-state index in [0.29, 0.717) is 13.0 Å². The van der Waals surface area contributed by atoms with Gasteiger partial charge in [-0.3, -0.25) is 0 Å². The van der Waals surface area contributed by atoms with Crippen molar-refractivity contribution >= 4 is 28.6 Å². The smallest absolute Gasteiger partial charge is 0.330 e. The Labute approximate surface area is 279 Å². The van der Waals surface area contributed by atoms with E-state index >= 15 is 0 Å². The fourth-order valence-electron chi connectivity index (χ4n) is 4.80. The first kappa shape index (κ1) is 34.1. The van der Waals surface area contributed by atoms with Gasteiger partial charge in [0.05, 0.1) is 13.2 Å². The lowest BCUT2D eigenvalue weighted by molar-refractivity contribution is -0.137. The number of rotatable bonds is 17. The fraction of sp³-hybridized carbons (Fsp3) is 0.119. The van der Waals surface area contributed by atoms with E-state index in [2.05, 4.69) is 98.0 Å². The van der Waals surface area contributed by atoms with Crippen molar-refractivity contribution in [3.05, 3.63) is 189 Å². The zero-order valence-electron chi connectivity index (χ0n) is 26.8. The normalized spacial score (nSPS) is 12.6. The summed E-state index contributed by atoms with van der Waals surface area (Å²) < 4.78 is 10.8. The molecule has 47 heavy (non-hydrogen) atoms. The van der Waals surface area contributed by atoms with Crippen molar-refractivity contribution < 1.29 is 14.3 Å². The predicted octanol–water partition coefficient (Wildman–Crippen LogP) is 10.4. The lowest BCUT2D eigenvalue weighted by Gasteiger charge is -2.27. The Balaban J connectivity index is 1.44. The van der Waals surface area contributed by atoms with Gasteiger partial charge in [0.25, 0.3) is 0 Å². The maximum Gasteiger partial charge on any atom is 0.330 e. The van der Waals surface area contributed by atoms with E-state index in [0.717, 1.165) is 58.6 Å². The van der Waals surface area contributed by atoms with Crippen molar-refractivity contribution in [1.29, 1.82) is 0 Å². The zero-order valence-corrected chi connectivity index (χ0v) is 26.8. The number of hydrogen-bond donors (Lipinski definition) is 0. The van der Waals surface area contributed by atoms with E-state index in [4.69, 9.17) is 9.47 Å². The van der Waals surface area contributed by atoms with Gasteiger partial charge >= 0.3 is 5.97 Å². The standard InChI is InChI=1S/C42H42N2O3/c1-5-7-8-15-31-43(37-27-29-41(30-28-37)46-32-16-33-47-42(45)6-2)35(4)22-21-34(3)36-23-25-40(26-24-36)44(38-17-11-9-12-18-38)39-19-13-10-14-20-39/h5-9,11-13,15,17-31H,1-4,10,14,16,32-33H2/b8-7-,22-21-,31-15+. The molecule has 0 N–H and O–H groups in total. The summed E-state index contributed by atoms with van der Waals surface area (Å²) >= 11 is 0. The molecule has 0 saturated heterocycles. The average Bonchev–Trinajstić information content (AvgIpc) is 3.12. The van der Waals surface area contributed by atoms with Crippen LogP contribution in [0.25, 0.3) is 5.57 Å². The van der Waals surface area contributed by atoms with Gasteiger partial charge in [0.1, 0.15) is 5.75 Å². The second kappa shape index (κ2) is 18.2. The van der Waals surface area contributed by atoms with E-state index in [1.807, 2.05) is 71.8 Å². The third-order valence-electron chi connectivity index (χ3n) is 7.21. The molecule has 238 valence electrons. The number of ether oxygens (including phenoxy) is 2. The van der Waals surface area contributed by atoms with Crippen molar-refractivity contribution in [2.75, 3.05) is 23.0 Å². The number of benzene rings is 3. The molecular formula is C42H42N2O3. The van der Waals surface area contributed by atoms with Crippen LogP contribution in [0.1, 0.15) is 24.8 Å². The number of allylic oxidation sites excluding steroid dienone is 10. The van der Waals surface area contributed by atoms with Gasteiger partial charge in [-0.1, -0.05) is 93.1 Å². The van der Waals surface area contributed by atoms with Crippen LogP contribution in [0, 0.1) is 0 Å². The Kier molecular flexibility index (Phi) is 13.2. The zero-order chi connectivity index (χ0) is 33.3. The molecule has 1 aliphatic rings. The number of esters is 1. The Morgan fingerprint density at radius 2 is 1.51 bits per heavy atom. The summed E-state index contributed by atoms with van der Waals surface area (Å²) in [6.07, 6.45) is 23.9. The number of carbonyl (C=O) groups excluding carboxylic acids is 1. The van der Waals surface area contributed by atoms with E-state index in [9.17, 15) is 4.79 Å². The van der Waals surface area contributed by atoms with Crippen molar-refractivity contribution in [3.63, 3.8) is 0 Å². The van der Waals surface area contributed by atoms with Gasteiger partial charge in [0.2, 0.25) is 0 Å². The molecule has 0 radical (unpaired) electrons. The van der Waals surface area contributed by atoms with Crippen LogP contribution in [-0.2, 0) is 9.53 Å². The summed E-state index contributed by atoms with van der Waals surface area (Å²) in [4.78, 5) is 15.4. The number of anilines is 3. The van der Waals surface area contributed by atoms with Gasteiger partial charge in [-0.2, -0.15) is 0 Å². The van der Waals surface area contributed by atoms with Crippen LogP contribution in [0.15, 0.2) is 184 Å². The van der Waals surface area contributed by atoms with Gasteiger partial charge in [-0.05, 0) is 90.7 Å². The fourth-order valence-corrected chi connectivity index (χ4v) is 4.80. The van der Waals surface area contributed by atoms with Crippen molar-refractivity contribution in [2.24, 2.45) is 0 Å². The summed E-state index contributed by atoms with van der Waals surface area (Å²) in [6, 6.07) is 26.7. The predicted molar refractivity (Wildman–Crippen MR) is 197 cm³/mol. The van der Waals surface area contributed by atoms with Crippen molar-refractivity contribution in [2.45, 2.75) is 19.3 Å². The molecule has 3 aromatic carbocycles. The number of carbonyl (C=O) groups is 1. The van der Waals surface area contributed by atoms with Gasteiger partial charge in [-0.15, -0.1) is 0 Å². The lowest BCUT2D eigenvalue weighted by Crippen LogP contribution is -2.16. The van der Waals surface area contributed by atoms with Crippen LogP contribution in [0.2, 0.25) is 0 Å². The summed E-state index contributed by atoms with van der Waals surface area (Å²) in [7, 11) is 0. The number of para-hydroxylation sites is 1. The largest absolute Gasteiger partial charge is 0.493 e. The SMILES string of the molecule is C=C/C=C\C=C\N(C(=C)/C=C\C(=C)c1ccc(N(C2=CCCC=C2)c2ccccc2)cc1)c1ccc(OCCCOC(=O)C=C)cc1. The molecule has 0 saturated carbocycles. The molecule has 0 aliphatic heterocycles. The van der Waals surface area contributed by atoms with E-state index in [1.54, 1.807) is 6.08 Å². The maximum absolute atomic E-state index is 11.2. The third-order valence-corrected chi connectivity index (χ3v) is 7.21. The molecule has 5 nitrogen and oxygen atoms in total. The first-order chi connectivity index (χ1) is 23.0. The highest BCUT2D eigenvalue weighted by Gasteiger charge is 2.14. The molecule has 1 aliphatic carbocycles. The van der Waals surface area contributed by atoms with E-state index in [1.165, 1.54) is 5.70 Å². The molecule has 0 spiro atoms. The Hall–Kier alpha value is -5.81. The molecule has 4 rings (SSSR count). The highest BCUT2D eigenvalue weighted by atomic mass is 16.5. The maximum atomic E-state index is 11.2. The summed E-state index contributed by atoms with van der Waals surface area (Å²) in [5, 5.41) is 0. The van der Waals surface area contributed by atoms with Crippen LogP contribution >= 0.6 is 0 Å². The molecule has 0 bridgehead atoms. The second-order valence-electron chi connectivity index (χ2n) is 10.6. The summed E-state index contributed by atoms with van der Waals surface area (Å²) in [5.74, 6) is 0.288. The quantitative estimate of drug-likeness (QED) is 0.0649. The molecule has 3 aromatic rings. The van der Waals surface area contributed by atoms with E-state index in [-0.39, 0.29) is 6.61 Å². The number of hydrogen-bond acceptors (Lipinski definition) is 5. The highest BCUT2D eigenvalue weighted by Crippen LogP contribution is 2.33. The average molecular weight is 623 g/mol. The second-order valence-corrected chi connectivity index (χ2v) is 10.6. The first-order valence-corrected chi connectivity index (χ1v) is 15.7. The number of nitrogens with zero attached hydrogens (tertiary/aromatic N) is 2. The molecule has 0 fully saturated rings. The molecule has 5 heteroatoms. The Morgan fingerprint density at radius 3 is 2.19 bits per heavy atom. The van der Waals surface area contributed by atoms with Gasteiger partial charge in [-0.25, -0.2) is 4.79 Å². The molecule has 0 amide bonds. The van der Waals surface area contributed by atoms with Crippen LogP contribution in [0.4, 0.5) is 17.1 Å². The summed E-state index contributed by atoms with van der Waals surface area (Å²) in [5.41, 5.74) is 6.95. The van der Waals surface area contributed by atoms with Crippen LogP contribution in [0.3, 0.4) is 0 Å². The topological polar surface area (TPSA) is 42.0 Å². The molecular weight excluding hydrogens is 580 g/mol. The Bertz CT molecular complexity index is 1670. The van der Waals surface area contributed by atoms with Crippen molar-refractivity contribution in [3.8, 4) is 5.75 Å². The molecule has 0 aromatic heterocycles. The molecule has 0 heterocycles. The van der Waals surface area contributed by atoms with Crippen LogP contribution in [0.5, 0.6) is 5.75 Å². The lowest BCUT2D eigenvalue weighted by atomic mass is 10.0. The van der Waals surface area contributed by atoms with Crippen molar-refractivity contribution in [1.82, 2.24) is 0 Å². The van der Waals surface area contributed by atoms with Gasteiger partial charge in [0, 0.05) is 47.2 Å². The molecule has 0 unspecified atom stereocenters. The molecule has 0 atom stereocenters. The highest BCUT2D eigenvalue weighted by molar-refractivity contribution is 5.81. The minimum Gasteiger partial charge on any atom is -0.493 e. The minimum absolute atomic E-state index is 0.281. The van der Waals surface area contributed by atoms with Crippen LogP contribution < -0.4 is 14.5 Å². The Morgan fingerprint density at radius 1 is 0.787 bits per heavy atom. The van der Waals surface area contributed by atoms with E-state index < -0.39 is 5.97 Å². The van der Waals surface area contributed by atoms with Gasteiger partial charge < -0.3 is 19.3 Å². The summed E-state index contributed by atoms with van der Waals surface area (Å²) in [6.45, 7) is 16.5. The first-order valence-electron chi connectivity index (χ1n) is 15.7. The minimum atomic E-state index is -0.433. The third kappa shape index (κ3) is 10.4. The van der Waals surface area contributed by atoms with Crippen LogP contribution in [-0.4, -0.2) is 19.2 Å². The monoisotopic (exact) mass is 622 g/mol. The van der Waals surface area contributed by atoms with Gasteiger partial charge in [0.15, 0.2) is 0 Å².